The Hall–Kier alpha value is -2.56. The highest BCUT2D eigenvalue weighted by atomic mass is 32.2. The second-order valence-electron chi connectivity index (χ2n) is 5.53. The number of halogens is 3. The summed E-state index contributed by atoms with van der Waals surface area (Å²) < 4.78 is 70.6. The molecule has 3 rings (SSSR count). The first kappa shape index (κ1) is 18.2. The fourth-order valence-corrected chi connectivity index (χ4v) is 3.00. The molecule has 0 atom stereocenters. The molecule has 2 heterocycles. The van der Waals surface area contributed by atoms with E-state index in [1.165, 1.54) is 18.3 Å². The summed E-state index contributed by atoms with van der Waals surface area (Å²) in [5.74, 6) is -0.579. The van der Waals surface area contributed by atoms with Gasteiger partial charge in [0.1, 0.15) is 0 Å². The molecule has 0 saturated carbocycles. The monoisotopic (exact) mass is 390 g/mol. The normalized spacial score (nSPS) is 14.1. The average Bonchev–Trinajstić information content (AvgIpc) is 3.01. The van der Waals surface area contributed by atoms with E-state index < -0.39 is 21.4 Å². The highest BCUT2D eigenvalue weighted by Gasteiger charge is 2.49. The Balaban J connectivity index is 1.88. The van der Waals surface area contributed by atoms with Gasteiger partial charge in [0, 0.05) is 23.8 Å². The van der Waals surface area contributed by atoms with Crippen molar-refractivity contribution in [3.63, 3.8) is 0 Å². The third-order valence-corrected chi connectivity index (χ3v) is 4.71. The van der Waals surface area contributed by atoms with Crippen LogP contribution in [0.15, 0.2) is 30.5 Å². The topological polar surface area (TPSA) is 92.4 Å². The molecule has 0 aromatic carbocycles. The lowest BCUT2D eigenvalue weighted by Gasteiger charge is -2.14. The van der Waals surface area contributed by atoms with Gasteiger partial charge in [0.2, 0.25) is 11.6 Å². The van der Waals surface area contributed by atoms with Crippen LogP contribution in [0.4, 0.5) is 13.2 Å². The van der Waals surface area contributed by atoms with E-state index in [9.17, 15) is 26.8 Å². The van der Waals surface area contributed by atoms with Gasteiger partial charge in [0.25, 0.3) is 0 Å². The van der Waals surface area contributed by atoms with Gasteiger partial charge in [-0.15, -0.1) is 0 Å². The Morgan fingerprint density at radius 3 is 2.73 bits per heavy atom. The lowest BCUT2D eigenvalue weighted by molar-refractivity contribution is -0.616. The molecule has 0 N–H and O–H groups in total. The van der Waals surface area contributed by atoms with E-state index in [2.05, 4.69) is 9.17 Å². The summed E-state index contributed by atoms with van der Waals surface area (Å²) in [6.45, 7) is -0.193. The van der Waals surface area contributed by atoms with Crippen LogP contribution in [-0.4, -0.2) is 18.9 Å². The first-order valence-corrected chi connectivity index (χ1v) is 8.91. The number of rotatable bonds is 5. The van der Waals surface area contributed by atoms with Gasteiger partial charge in [-0.2, -0.15) is 26.3 Å². The summed E-state index contributed by atoms with van der Waals surface area (Å²) in [6.07, 6.45) is 2.68. The van der Waals surface area contributed by atoms with E-state index in [0.29, 0.717) is 35.3 Å². The van der Waals surface area contributed by atoms with Gasteiger partial charge in [0.15, 0.2) is 18.6 Å². The van der Waals surface area contributed by atoms with E-state index in [1.807, 2.05) is 0 Å². The first-order chi connectivity index (χ1) is 12.2. The average molecular weight is 390 g/mol. The Labute approximate surface area is 146 Å². The van der Waals surface area contributed by atoms with Crippen LogP contribution >= 0.6 is 0 Å². The third kappa shape index (κ3) is 3.66. The first-order valence-electron chi connectivity index (χ1n) is 7.51. The molecule has 1 aliphatic carbocycles. The molecule has 0 radical (unpaired) electrons. The molecule has 26 heavy (non-hydrogen) atoms. The number of ether oxygens (including phenoxy) is 1. The van der Waals surface area contributed by atoms with Crippen molar-refractivity contribution in [2.45, 2.75) is 31.4 Å². The second kappa shape index (κ2) is 6.63. The molecule has 2 aromatic rings. The quantitative estimate of drug-likeness (QED) is 0.336. The Morgan fingerprint density at radius 2 is 2.04 bits per heavy atom. The van der Waals surface area contributed by atoms with Gasteiger partial charge in [0.05, 0.1) is 5.69 Å². The number of aryl methyl sites for hydroxylation is 1. The number of fused-ring (bicyclic) bond motifs is 1. The van der Waals surface area contributed by atoms with Crippen LogP contribution in [0.1, 0.15) is 23.4 Å². The number of pyridine rings is 2. The van der Waals surface area contributed by atoms with E-state index in [4.69, 9.17) is 4.74 Å². The molecular formula is C15H13F3N2O5S. The van der Waals surface area contributed by atoms with Crippen LogP contribution < -0.4 is 13.7 Å². The highest BCUT2D eigenvalue weighted by molar-refractivity contribution is 7.88. The summed E-state index contributed by atoms with van der Waals surface area (Å²) in [5, 5.41) is 11.6. The summed E-state index contributed by atoms with van der Waals surface area (Å²) in [4.78, 5) is 4.16. The van der Waals surface area contributed by atoms with Gasteiger partial charge < -0.3 is 14.1 Å². The van der Waals surface area contributed by atoms with E-state index >= 15 is 0 Å². The summed E-state index contributed by atoms with van der Waals surface area (Å²) in [5.41, 5.74) is -4.57. The van der Waals surface area contributed by atoms with Crippen LogP contribution in [0.5, 0.6) is 11.6 Å². The summed E-state index contributed by atoms with van der Waals surface area (Å²) >= 11 is 0. The number of nitrogens with zero attached hydrogens (tertiary/aromatic N) is 2. The Bertz CT molecular complexity index is 931. The fourth-order valence-electron chi connectivity index (χ4n) is 2.52. The summed E-state index contributed by atoms with van der Waals surface area (Å²) in [7, 11) is -5.80. The Morgan fingerprint density at radius 1 is 1.27 bits per heavy atom. The van der Waals surface area contributed by atoms with Crippen LogP contribution in [0.3, 0.4) is 0 Å². The van der Waals surface area contributed by atoms with Crippen molar-refractivity contribution >= 4 is 10.1 Å². The van der Waals surface area contributed by atoms with E-state index in [-0.39, 0.29) is 18.2 Å². The van der Waals surface area contributed by atoms with Crippen molar-refractivity contribution in [1.82, 2.24) is 4.98 Å². The number of alkyl halides is 3. The number of hydrogen-bond acceptors (Lipinski definition) is 6. The number of hydrogen-bond donors (Lipinski definition) is 0. The van der Waals surface area contributed by atoms with Crippen molar-refractivity contribution in [3.05, 3.63) is 52.6 Å². The van der Waals surface area contributed by atoms with Crippen LogP contribution in [0.2, 0.25) is 0 Å². The van der Waals surface area contributed by atoms with Crippen molar-refractivity contribution < 1.29 is 35.2 Å². The van der Waals surface area contributed by atoms with Crippen LogP contribution in [0, 0.1) is 5.21 Å². The van der Waals surface area contributed by atoms with Crippen LogP contribution in [-0.2, 0) is 29.6 Å². The van der Waals surface area contributed by atoms with Crippen molar-refractivity contribution in [3.8, 4) is 11.6 Å². The fraction of sp³-hybridized carbons (Fsp3) is 0.333. The molecule has 0 unspecified atom stereocenters. The maximum atomic E-state index is 12.6. The van der Waals surface area contributed by atoms with Gasteiger partial charge >= 0.3 is 15.6 Å². The molecule has 0 aliphatic heterocycles. The van der Waals surface area contributed by atoms with Gasteiger partial charge in [-0.05, 0) is 25.3 Å². The minimum absolute atomic E-state index is 0.123. The zero-order valence-corrected chi connectivity index (χ0v) is 14.0. The van der Waals surface area contributed by atoms with Gasteiger partial charge in [-0.25, -0.2) is 4.98 Å². The minimum Gasteiger partial charge on any atom is -0.618 e. The maximum Gasteiger partial charge on any atom is 0.534 e. The largest absolute Gasteiger partial charge is 0.618 e. The van der Waals surface area contributed by atoms with E-state index in [1.54, 1.807) is 6.07 Å². The highest BCUT2D eigenvalue weighted by Crippen LogP contribution is 2.36. The van der Waals surface area contributed by atoms with Crippen molar-refractivity contribution in [1.29, 1.82) is 0 Å². The lowest BCUT2D eigenvalue weighted by atomic mass is 10.2. The minimum atomic E-state index is -5.80. The molecule has 1 aliphatic rings. The molecule has 7 nitrogen and oxygen atoms in total. The van der Waals surface area contributed by atoms with Gasteiger partial charge in [-0.1, -0.05) is 0 Å². The van der Waals surface area contributed by atoms with Crippen molar-refractivity contribution in [2.24, 2.45) is 0 Å². The predicted octanol–water partition coefficient (Wildman–Crippen LogP) is 2.01. The molecule has 0 fully saturated rings. The number of aromatic nitrogens is 2. The zero-order chi connectivity index (χ0) is 18.9. The standard InChI is InChI=1S/C15H13F3N2O5S/c16-15(17,18)26(22,23)25-13-8-14(19-12-6-3-5-11(12)13)24-9-10-4-1-2-7-20(10)21/h1-2,4,7-8H,3,5-6,9H2. The lowest BCUT2D eigenvalue weighted by Crippen LogP contribution is -2.31. The predicted molar refractivity (Wildman–Crippen MR) is 81.6 cm³/mol. The second-order valence-corrected chi connectivity index (χ2v) is 7.06. The molecule has 0 saturated heterocycles. The van der Waals surface area contributed by atoms with E-state index in [0.717, 1.165) is 6.07 Å². The van der Waals surface area contributed by atoms with Crippen LogP contribution in [0.25, 0.3) is 0 Å². The molecule has 2 aromatic heterocycles. The molecule has 11 heteroatoms. The molecule has 0 bridgehead atoms. The van der Waals surface area contributed by atoms with Gasteiger partial charge in [-0.3, -0.25) is 0 Å². The Kier molecular flexibility index (Phi) is 4.65. The summed E-state index contributed by atoms with van der Waals surface area (Å²) in [6, 6.07) is 5.64. The zero-order valence-electron chi connectivity index (χ0n) is 13.2. The molecule has 0 spiro atoms. The molecule has 140 valence electrons. The van der Waals surface area contributed by atoms with Crippen molar-refractivity contribution in [2.75, 3.05) is 0 Å². The molecular weight excluding hydrogens is 377 g/mol. The molecule has 0 amide bonds. The maximum absolute atomic E-state index is 12.6. The smallest absolute Gasteiger partial charge is 0.534 e. The third-order valence-electron chi connectivity index (χ3n) is 3.74. The SMILES string of the molecule is O=S(=O)(Oc1cc(OCc2cccc[n+]2[O-])nc2c1CCC2)C(F)(F)F.